The molecule has 3 aromatic rings. The van der Waals surface area contributed by atoms with Gasteiger partial charge in [-0.3, -0.25) is 9.59 Å². The number of alkyl halides is 3. The van der Waals surface area contributed by atoms with E-state index in [1.54, 1.807) is 48.5 Å². The van der Waals surface area contributed by atoms with Crippen molar-refractivity contribution in [2.24, 2.45) is 0 Å². The molecule has 0 spiro atoms. The van der Waals surface area contributed by atoms with Gasteiger partial charge in [0.05, 0.1) is 19.0 Å². The molecule has 0 aliphatic heterocycles. The lowest BCUT2D eigenvalue weighted by Gasteiger charge is -2.19. The Hall–Kier alpha value is -5.40. The predicted molar refractivity (Wildman–Crippen MR) is 156 cm³/mol. The number of nitrogens with one attached hydrogen (secondary N) is 4. The molecular weight excluding hydrogens is 597 g/mol. The summed E-state index contributed by atoms with van der Waals surface area (Å²) >= 11 is 0. The van der Waals surface area contributed by atoms with Crippen LogP contribution in [0.25, 0.3) is 11.1 Å². The Kier molecular flexibility index (Phi) is 12.9. The minimum absolute atomic E-state index is 0.0799. The third-order valence-electron chi connectivity index (χ3n) is 6.16. The van der Waals surface area contributed by atoms with E-state index >= 15 is 0 Å². The lowest BCUT2D eigenvalue weighted by Crippen LogP contribution is -2.39. The molecule has 3 rings (SSSR count). The van der Waals surface area contributed by atoms with Crippen LogP contribution in [0.1, 0.15) is 37.3 Å². The van der Waals surface area contributed by atoms with Crippen molar-refractivity contribution in [1.29, 1.82) is 0 Å². The molecule has 238 valence electrons. The van der Waals surface area contributed by atoms with Gasteiger partial charge >= 0.3 is 24.1 Å². The molecule has 0 aliphatic rings. The smallest absolute Gasteiger partial charge is 0.347 e. The van der Waals surface area contributed by atoms with Crippen LogP contribution in [0.4, 0.5) is 23.7 Å². The van der Waals surface area contributed by atoms with Gasteiger partial charge < -0.3 is 21.3 Å². The molecule has 0 fully saturated rings. The fraction of sp³-hybridized carbons (Fsp3) is 0.258. The summed E-state index contributed by atoms with van der Waals surface area (Å²) < 4.78 is 37.1. The summed E-state index contributed by atoms with van der Waals surface area (Å²) in [5.41, 5.74) is 2.76. The quantitative estimate of drug-likeness (QED) is 0.123. The third kappa shape index (κ3) is 12.4. The topological polar surface area (TPSA) is 152 Å². The summed E-state index contributed by atoms with van der Waals surface area (Å²) in [5.74, 6) is -5.18. The van der Waals surface area contributed by atoms with E-state index in [1.807, 2.05) is 36.4 Å². The number of rotatable bonds is 13. The van der Waals surface area contributed by atoms with Gasteiger partial charge in [-0.1, -0.05) is 72.8 Å². The highest BCUT2D eigenvalue weighted by molar-refractivity contribution is 5.89. The standard InChI is InChI=1S/C31H31F3N4O7/c32-31(33,34)29(42)45-44-28(41)19-25(23-16-14-22(15-17-23)21-9-3-1-4-10-21)38-27(40)20-36-26(39)13-7-8-18-35-30(43)37-24-11-5-2-6-12-24/h1-6,9-12,14-17,25H,7-8,13,18-20H2,(H,36,39)(H,38,40)(H2,35,37,43). The lowest BCUT2D eigenvalue weighted by atomic mass is 9.99. The number of amides is 4. The zero-order chi connectivity index (χ0) is 32.7. The SMILES string of the molecule is O=C(CCCCNC(=O)Nc1ccccc1)NCC(=O)NC(CC(=O)OOC(=O)C(F)(F)F)c1ccc(-c2ccccc2)cc1. The van der Waals surface area contributed by atoms with E-state index in [2.05, 4.69) is 31.0 Å². The van der Waals surface area contributed by atoms with Crippen LogP contribution in [-0.4, -0.2) is 49.0 Å². The highest BCUT2D eigenvalue weighted by atomic mass is 19.4. The Morgan fingerprint density at radius 1 is 0.711 bits per heavy atom. The fourth-order valence-electron chi connectivity index (χ4n) is 3.94. The predicted octanol–water partition coefficient (Wildman–Crippen LogP) is 4.57. The van der Waals surface area contributed by atoms with Crippen molar-refractivity contribution in [1.82, 2.24) is 16.0 Å². The van der Waals surface area contributed by atoms with Gasteiger partial charge in [0.1, 0.15) is 0 Å². The van der Waals surface area contributed by atoms with Crippen molar-refractivity contribution in [3.05, 3.63) is 90.5 Å². The second-order valence-corrected chi connectivity index (χ2v) is 9.62. The molecule has 3 aromatic carbocycles. The maximum Gasteiger partial charge on any atom is 0.495 e. The molecule has 45 heavy (non-hydrogen) atoms. The minimum Gasteiger partial charge on any atom is -0.347 e. The van der Waals surface area contributed by atoms with E-state index < -0.39 is 48.9 Å². The monoisotopic (exact) mass is 628 g/mol. The molecule has 0 aromatic heterocycles. The summed E-state index contributed by atoms with van der Waals surface area (Å²) in [5, 5.41) is 10.3. The average molecular weight is 629 g/mol. The maximum absolute atomic E-state index is 12.6. The van der Waals surface area contributed by atoms with Crippen LogP contribution < -0.4 is 21.3 Å². The van der Waals surface area contributed by atoms with E-state index in [0.717, 1.165) is 11.1 Å². The first-order chi connectivity index (χ1) is 21.5. The summed E-state index contributed by atoms with van der Waals surface area (Å²) in [4.78, 5) is 67.4. The number of carbonyl (C=O) groups is 5. The van der Waals surface area contributed by atoms with Crippen LogP contribution in [0.2, 0.25) is 0 Å². The van der Waals surface area contributed by atoms with Gasteiger partial charge in [-0.15, -0.1) is 0 Å². The Morgan fingerprint density at radius 2 is 1.33 bits per heavy atom. The Balaban J connectivity index is 1.48. The molecule has 0 heterocycles. The summed E-state index contributed by atoms with van der Waals surface area (Å²) in [6.07, 6.45) is -5.04. The Labute approximate surface area is 256 Å². The number of hydrogen-bond donors (Lipinski definition) is 4. The van der Waals surface area contributed by atoms with Gasteiger partial charge in [0.25, 0.3) is 0 Å². The number of anilines is 1. The third-order valence-corrected chi connectivity index (χ3v) is 6.16. The molecule has 0 aliphatic carbocycles. The zero-order valence-corrected chi connectivity index (χ0v) is 23.9. The van der Waals surface area contributed by atoms with Crippen LogP contribution in [0.5, 0.6) is 0 Å². The van der Waals surface area contributed by atoms with E-state index in [9.17, 15) is 37.1 Å². The van der Waals surface area contributed by atoms with Crippen molar-refractivity contribution >= 4 is 35.5 Å². The number of halogens is 3. The van der Waals surface area contributed by atoms with Crippen LogP contribution in [-0.2, 0) is 29.0 Å². The number of para-hydroxylation sites is 1. The highest BCUT2D eigenvalue weighted by Gasteiger charge is 2.43. The number of urea groups is 1. The van der Waals surface area contributed by atoms with Crippen molar-refractivity contribution in [3.63, 3.8) is 0 Å². The van der Waals surface area contributed by atoms with Crippen LogP contribution >= 0.6 is 0 Å². The molecule has 11 nitrogen and oxygen atoms in total. The second-order valence-electron chi connectivity index (χ2n) is 9.62. The molecule has 4 N–H and O–H groups in total. The molecule has 0 radical (unpaired) electrons. The van der Waals surface area contributed by atoms with Crippen LogP contribution in [0.15, 0.2) is 84.9 Å². The summed E-state index contributed by atoms with van der Waals surface area (Å²) in [6.45, 7) is -0.126. The molecule has 0 bridgehead atoms. The normalized spacial score (nSPS) is 11.4. The van der Waals surface area contributed by atoms with E-state index in [4.69, 9.17) is 0 Å². The Bertz CT molecular complexity index is 1440. The van der Waals surface area contributed by atoms with Gasteiger partial charge in [-0.05, 0) is 41.7 Å². The van der Waals surface area contributed by atoms with Gasteiger partial charge in [-0.2, -0.15) is 13.2 Å². The van der Waals surface area contributed by atoms with Gasteiger partial charge in [0, 0.05) is 18.7 Å². The molecular formula is C31H31F3N4O7. The zero-order valence-electron chi connectivity index (χ0n) is 23.9. The first-order valence-electron chi connectivity index (χ1n) is 13.8. The van der Waals surface area contributed by atoms with Gasteiger partial charge in [0.2, 0.25) is 11.8 Å². The van der Waals surface area contributed by atoms with Crippen LogP contribution in [0, 0.1) is 0 Å². The highest BCUT2D eigenvalue weighted by Crippen LogP contribution is 2.24. The molecule has 1 unspecified atom stereocenters. The number of benzene rings is 3. The van der Waals surface area contributed by atoms with Gasteiger partial charge in [-0.25, -0.2) is 24.2 Å². The fourth-order valence-corrected chi connectivity index (χ4v) is 3.94. The van der Waals surface area contributed by atoms with Crippen molar-refractivity contribution < 1.29 is 46.9 Å². The first kappa shape index (κ1) is 34.1. The molecule has 0 saturated carbocycles. The minimum atomic E-state index is -5.37. The number of unbranched alkanes of at least 4 members (excludes halogenated alkanes) is 1. The number of hydrogen-bond acceptors (Lipinski definition) is 7. The molecule has 0 saturated heterocycles. The largest absolute Gasteiger partial charge is 0.495 e. The Morgan fingerprint density at radius 3 is 1.98 bits per heavy atom. The van der Waals surface area contributed by atoms with Crippen molar-refractivity contribution in [2.45, 2.75) is 37.9 Å². The summed E-state index contributed by atoms with van der Waals surface area (Å²) in [7, 11) is 0. The van der Waals surface area contributed by atoms with Crippen molar-refractivity contribution in [2.75, 3.05) is 18.4 Å². The molecule has 4 amide bonds. The van der Waals surface area contributed by atoms with Crippen LogP contribution in [0.3, 0.4) is 0 Å². The average Bonchev–Trinajstić information content (AvgIpc) is 3.02. The van der Waals surface area contributed by atoms with Crippen molar-refractivity contribution in [3.8, 4) is 11.1 Å². The first-order valence-corrected chi connectivity index (χ1v) is 13.8. The van der Waals surface area contributed by atoms with E-state index in [-0.39, 0.29) is 12.5 Å². The molecule has 14 heteroatoms. The van der Waals surface area contributed by atoms with E-state index in [1.165, 1.54) is 0 Å². The number of carbonyl (C=O) groups excluding carboxylic acids is 5. The van der Waals surface area contributed by atoms with Gasteiger partial charge in [0.15, 0.2) is 0 Å². The molecule has 1 atom stereocenters. The lowest BCUT2D eigenvalue weighted by molar-refractivity contribution is -0.286. The maximum atomic E-state index is 12.6. The summed E-state index contributed by atoms with van der Waals surface area (Å²) in [6, 6.07) is 23.4. The second kappa shape index (κ2) is 17.0. The van der Waals surface area contributed by atoms with E-state index in [0.29, 0.717) is 30.6 Å².